The summed E-state index contributed by atoms with van der Waals surface area (Å²) in [5, 5.41) is 4.18. The summed E-state index contributed by atoms with van der Waals surface area (Å²) in [7, 11) is 1.79. The van der Waals surface area contributed by atoms with Gasteiger partial charge in [0.1, 0.15) is 11.8 Å². The van der Waals surface area contributed by atoms with Gasteiger partial charge in [0.2, 0.25) is 0 Å². The van der Waals surface area contributed by atoms with Crippen molar-refractivity contribution in [3.8, 4) is 0 Å². The highest BCUT2D eigenvalue weighted by Gasteiger charge is 2.26. The molecule has 0 radical (unpaired) electrons. The van der Waals surface area contributed by atoms with Crippen molar-refractivity contribution in [2.24, 2.45) is 11.3 Å². The van der Waals surface area contributed by atoms with Gasteiger partial charge in [-0.1, -0.05) is 20.8 Å². The first kappa shape index (κ1) is 17.2. The van der Waals surface area contributed by atoms with E-state index in [0.717, 1.165) is 17.9 Å². The molecular weight excluding hydrogens is 230 g/mol. The van der Waals surface area contributed by atoms with E-state index in [4.69, 9.17) is 10.6 Å². The van der Waals surface area contributed by atoms with E-state index in [-0.39, 0.29) is 11.6 Å². The van der Waals surface area contributed by atoms with Crippen molar-refractivity contribution in [2.45, 2.75) is 66.2 Å². The van der Waals surface area contributed by atoms with Crippen LogP contribution in [0, 0.1) is 5.41 Å². The van der Waals surface area contributed by atoms with E-state index in [1.807, 2.05) is 20.8 Å². The molecule has 0 aliphatic rings. The quantitative estimate of drug-likeness (QED) is 0.352. The summed E-state index contributed by atoms with van der Waals surface area (Å²) in [5.41, 5.74) is -0.319. The molecule has 18 heavy (non-hydrogen) atoms. The SMILES string of the molecule is CN[C@H](CCC(C)(C)C)N(N)C(=O)OC(C)(C)C. The molecule has 0 aliphatic carbocycles. The van der Waals surface area contributed by atoms with E-state index in [0.29, 0.717) is 0 Å². The lowest BCUT2D eigenvalue weighted by molar-refractivity contribution is 0.0106. The zero-order valence-electron chi connectivity index (χ0n) is 12.8. The van der Waals surface area contributed by atoms with Gasteiger partial charge >= 0.3 is 6.09 Å². The molecule has 3 N–H and O–H groups in total. The van der Waals surface area contributed by atoms with Crippen LogP contribution in [0.5, 0.6) is 0 Å². The minimum Gasteiger partial charge on any atom is -0.443 e. The Morgan fingerprint density at radius 2 is 1.78 bits per heavy atom. The molecule has 0 saturated heterocycles. The Morgan fingerprint density at radius 1 is 1.28 bits per heavy atom. The third kappa shape index (κ3) is 7.50. The van der Waals surface area contributed by atoms with E-state index in [1.54, 1.807) is 7.05 Å². The van der Waals surface area contributed by atoms with Gasteiger partial charge < -0.3 is 4.74 Å². The van der Waals surface area contributed by atoms with E-state index < -0.39 is 11.7 Å². The van der Waals surface area contributed by atoms with Gasteiger partial charge in [0.05, 0.1) is 0 Å². The Hall–Kier alpha value is -0.810. The van der Waals surface area contributed by atoms with Crippen molar-refractivity contribution in [1.82, 2.24) is 10.3 Å². The minimum absolute atomic E-state index is 0.209. The predicted molar refractivity (Wildman–Crippen MR) is 73.8 cm³/mol. The van der Waals surface area contributed by atoms with Crippen LogP contribution in [0.3, 0.4) is 0 Å². The molecule has 0 aromatic heterocycles. The molecule has 0 aromatic rings. The minimum atomic E-state index is -0.531. The molecule has 0 rings (SSSR count). The molecule has 0 saturated carbocycles. The maximum Gasteiger partial charge on any atom is 0.426 e. The van der Waals surface area contributed by atoms with Gasteiger partial charge in [0.15, 0.2) is 0 Å². The van der Waals surface area contributed by atoms with Gasteiger partial charge in [-0.05, 0) is 46.1 Å². The Labute approximate surface area is 111 Å². The fourth-order valence-electron chi connectivity index (χ4n) is 1.43. The first-order valence-electron chi connectivity index (χ1n) is 6.40. The molecule has 5 heteroatoms. The molecule has 1 atom stereocenters. The second-order valence-corrected chi connectivity index (χ2v) is 6.79. The number of amides is 1. The number of carbonyl (C=O) groups is 1. The normalized spacial score (nSPS) is 14.2. The Kier molecular flexibility index (Phi) is 6.10. The van der Waals surface area contributed by atoms with Crippen LogP contribution in [-0.2, 0) is 4.74 Å². The van der Waals surface area contributed by atoms with E-state index in [1.165, 1.54) is 0 Å². The Bertz CT molecular complexity index is 266. The van der Waals surface area contributed by atoms with Crippen LogP contribution < -0.4 is 11.2 Å². The van der Waals surface area contributed by atoms with E-state index >= 15 is 0 Å². The third-order valence-electron chi connectivity index (χ3n) is 2.44. The molecule has 5 nitrogen and oxygen atoms in total. The molecule has 0 fully saturated rings. The van der Waals surface area contributed by atoms with Crippen LogP contribution in [0.25, 0.3) is 0 Å². The number of hydrogen-bond donors (Lipinski definition) is 2. The fourth-order valence-corrected chi connectivity index (χ4v) is 1.43. The van der Waals surface area contributed by atoms with Crippen LogP contribution in [0.15, 0.2) is 0 Å². The van der Waals surface area contributed by atoms with Gasteiger partial charge in [-0.2, -0.15) is 0 Å². The predicted octanol–water partition coefficient (Wildman–Crippen LogP) is 2.47. The van der Waals surface area contributed by atoms with Crippen molar-refractivity contribution >= 4 is 6.09 Å². The summed E-state index contributed by atoms with van der Waals surface area (Å²) in [6, 6.07) is 0. The van der Waals surface area contributed by atoms with Crippen molar-refractivity contribution in [3.63, 3.8) is 0 Å². The number of hydrogen-bond acceptors (Lipinski definition) is 4. The average molecular weight is 259 g/mol. The van der Waals surface area contributed by atoms with Crippen LogP contribution in [0.1, 0.15) is 54.4 Å². The molecule has 108 valence electrons. The molecule has 0 spiro atoms. The van der Waals surface area contributed by atoms with Gasteiger partial charge in [-0.15, -0.1) is 0 Å². The lowest BCUT2D eigenvalue weighted by Crippen LogP contribution is -2.53. The number of rotatable bonds is 4. The first-order chi connectivity index (χ1) is 7.96. The van der Waals surface area contributed by atoms with Crippen LogP contribution in [-0.4, -0.2) is 29.9 Å². The average Bonchev–Trinajstić information content (AvgIpc) is 2.13. The van der Waals surface area contributed by atoms with Crippen LogP contribution >= 0.6 is 0 Å². The van der Waals surface area contributed by atoms with Gasteiger partial charge in [0, 0.05) is 0 Å². The highest BCUT2D eigenvalue weighted by atomic mass is 16.6. The van der Waals surface area contributed by atoms with Gasteiger partial charge in [-0.25, -0.2) is 15.6 Å². The molecule has 1 amide bonds. The van der Waals surface area contributed by atoms with Crippen molar-refractivity contribution < 1.29 is 9.53 Å². The van der Waals surface area contributed by atoms with Crippen LogP contribution in [0.4, 0.5) is 4.79 Å². The lowest BCUT2D eigenvalue weighted by Gasteiger charge is -2.31. The number of ether oxygens (including phenoxy) is 1. The van der Waals surface area contributed by atoms with Gasteiger partial charge in [-0.3, -0.25) is 5.32 Å². The summed E-state index contributed by atoms with van der Waals surface area (Å²) >= 11 is 0. The zero-order chi connectivity index (χ0) is 14.6. The molecule has 0 unspecified atom stereocenters. The van der Waals surface area contributed by atoms with E-state index in [9.17, 15) is 4.79 Å². The first-order valence-corrected chi connectivity index (χ1v) is 6.40. The number of nitrogens with one attached hydrogen (secondary N) is 1. The number of nitrogens with two attached hydrogens (primary N) is 1. The maximum atomic E-state index is 11.8. The summed E-state index contributed by atoms with van der Waals surface area (Å²) in [6.07, 6.45) is 1.04. The summed E-state index contributed by atoms with van der Waals surface area (Å²) in [5.74, 6) is 5.80. The number of nitrogens with zero attached hydrogens (tertiary/aromatic N) is 1. The third-order valence-corrected chi connectivity index (χ3v) is 2.44. The smallest absolute Gasteiger partial charge is 0.426 e. The molecule has 0 bridgehead atoms. The molecular formula is C13H29N3O2. The summed E-state index contributed by atoms with van der Waals surface area (Å²) < 4.78 is 5.24. The van der Waals surface area contributed by atoms with Crippen LogP contribution in [0.2, 0.25) is 0 Å². The molecule has 0 heterocycles. The second-order valence-electron chi connectivity index (χ2n) is 6.79. The maximum absolute atomic E-state index is 11.8. The monoisotopic (exact) mass is 259 g/mol. The zero-order valence-corrected chi connectivity index (χ0v) is 12.8. The number of hydrazine groups is 1. The number of carbonyl (C=O) groups excluding carboxylic acids is 1. The Morgan fingerprint density at radius 3 is 2.11 bits per heavy atom. The largest absolute Gasteiger partial charge is 0.443 e. The van der Waals surface area contributed by atoms with E-state index in [2.05, 4.69) is 26.1 Å². The van der Waals surface area contributed by atoms with Crippen molar-refractivity contribution in [3.05, 3.63) is 0 Å². The van der Waals surface area contributed by atoms with Gasteiger partial charge in [0.25, 0.3) is 0 Å². The Balaban J connectivity index is 4.43. The summed E-state index contributed by atoms with van der Waals surface area (Å²) in [6.45, 7) is 11.9. The van der Waals surface area contributed by atoms with Crippen molar-refractivity contribution in [2.75, 3.05) is 7.05 Å². The molecule has 0 aromatic carbocycles. The summed E-state index contributed by atoms with van der Waals surface area (Å²) in [4.78, 5) is 11.8. The highest BCUT2D eigenvalue weighted by molar-refractivity contribution is 5.67. The standard InChI is InChI=1S/C13H29N3O2/c1-12(2,3)9-8-10(15-7)16(14)11(17)18-13(4,5)6/h10,15H,8-9,14H2,1-7H3/t10-/m0/s1. The highest BCUT2D eigenvalue weighted by Crippen LogP contribution is 2.22. The fraction of sp³-hybridized carbons (Fsp3) is 0.923. The molecule has 0 aliphatic heterocycles. The second kappa shape index (κ2) is 6.38. The van der Waals surface area contributed by atoms with Crippen molar-refractivity contribution in [1.29, 1.82) is 0 Å². The topological polar surface area (TPSA) is 67.6 Å². The lowest BCUT2D eigenvalue weighted by atomic mass is 9.90.